The van der Waals surface area contributed by atoms with Crippen molar-refractivity contribution in [3.63, 3.8) is 0 Å². The summed E-state index contributed by atoms with van der Waals surface area (Å²) in [5.41, 5.74) is 3.01. The number of halogens is 1. The van der Waals surface area contributed by atoms with E-state index in [2.05, 4.69) is 12.0 Å². The van der Waals surface area contributed by atoms with Crippen LogP contribution in [-0.4, -0.2) is 40.2 Å². The van der Waals surface area contributed by atoms with Gasteiger partial charge in [0.25, 0.3) is 0 Å². The normalized spacial score (nSPS) is 18.6. The summed E-state index contributed by atoms with van der Waals surface area (Å²) in [4.78, 5) is 14.7. The van der Waals surface area contributed by atoms with Gasteiger partial charge in [-0.2, -0.15) is 5.10 Å². The molecule has 1 fully saturated rings. The lowest BCUT2D eigenvalue weighted by molar-refractivity contribution is -0.129. The Hall–Kier alpha value is -2.73. The van der Waals surface area contributed by atoms with E-state index < -0.39 is 0 Å². The van der Waals surface area contributed by atoms with Crippen molar-refractivity contribution < 1.29 is 14.3 Å². The molecule has 3 aromatic rings. The molecule has 3 atom stereocenters. The van der Waals surface area contributed by atoms with Crippen LogP contribution < -0.4 is 9.47 Å². The highest BCUT2D eigenvalue weighted by Crippen LogP contribution is 2.34. The molecule has 1 aliphatic heterocycles. The quantitative estimate of drug-likeness (QED) is 0.573. The van der Waals surface area contributed by atoms with Gasteiger partial charge in [0, 0.05) is 31.1 Å². The number of rotatable bonds is 6. The van der Waals surface area contributed by atoms with Crippen LogP contribution in [0.4, 0.5) is 0 Å². The van der Waals surface area contributed by atoms with Crippen molar-refractivity contribution in [2.75, 3.05) is 13.7 Å². The number of carbonyl (C=O) groups is 1. The summed E-state index contributed by atoms with van der Waals surface area (Å²) in [6.45, 7) is 6.72. The van der Waals surface area contributed by atoms with E-state index in [0.717, 1.165) is 22.4 Å². The van der Waals surface area contributed by atoms with Crippen molar-refractivity contribution in [2.24, 2.45) is 5.92 Å². The Labute approximate surface area is 181 Å². The molecule has 0 saturated carbocycles. The summed E-state index contributed by atoms with van der Waals surface area (Å²) >= 11 is 6.24. The summed E-state index contributed by atoms with van der Waals surface area (Å²) < 4.78 is 13.3. The molecule has 30 heavy (non-hydrogen) atoms. The molecule has 0 spiro atoms. The summed E-state index contributed by atoms with van der Waals surface area (Å²) in [7, 11) is 1.65. The van der Waals surface area contributed by atoms with Crippen molar-refractivity contribution in [2.45, 2.75) is 39.3 Å². The van der Waals surface area contributed by atoms with E-state index in [1.807, 2.05) is 49.1 Å². The maximum absolute atomic E-state index is 12.8. The highest BCUT2D eigenvalue weighted by Gasteiger charge is 2.37. The Morgan fingerprint density at radius 2 is 1.97 bits per heavy atom. The first-order valence-corrected chi connectivity index (χ1v) is 10.5. The Bertz CT molecular complexity index is 1060. The number of hydrogen-bond donors (Lipinski definition) is 0. The number of fused-ring (bicyclic) bond motifs is 1. The first-order valence-electron chi connectivity index (χ1n) is 10.1. The number of pyridine rings is 1. The number of methoxy groups -OCH3 is 1. The molecule has 0 bridgehead atoms. The molecular formula is C23H26ClN3O3. The van der Waals surface area contributed by atoms with Crippen LogP contribution in [0.2, 0.25) is 5.02 Å². The lowest BCUT2D eigenvalue weighted by Gasteiger charge is -2.27. The highest BCUT2D eigenvalue weighted by molar-refractivity contribution is 6.30. The minimum atomic E-state index is -0.140. The van der Waals surface area contributed by atoms with Gasteiger partial charge in [0.15, 0.2) is 0 Å². The van der Waals surface area contributed by atoms with Crippen LogP contribution in [0.25, 0.3) is 5.52 Å². The summed E-state index contributed by atoms with van der Waals surface area (Å²) in [6.07, 6.45) is 3.88. The Morgan fingerprint density at radius 1 is 1.23 bits per heavy atom. The van der Waals surface area contributed by atoms with E-state index in [4.69, 9.17) is 21.1 Å². The first-order chi connectivity index (χ1) is 14.4. The lowest BCUT2D eigenvalue weighted by Crippen LogP contribution is -2.31. The third-order valence-corrected chi connectivity index (χ3v) is 6.16. The summed E-state index contributed by atoms with van der Waals surface area (Å²) in [6, 6.07) is 9.68. The van der Waals surface area contributed by atoms with E-state index in [1.165, 1.54) is 0 Å². The van der Waals surface area contributed by atoms with Gasteiger partial charge in [-0.05, 0) is 44.0 Å². The average molecular weight is 428 g/mol. The van der Waals surface area contributed by atoms with E-state index in [1.54, 1.807) is 24.0 Å². The van der Waals surface area contributed by atoms with Gasteiger partial charge in [-0.3, -0.25) is 4.79 Å². The topological polar surface area (TPSA) is 56.1 Å². The number of aryl methyl sites for hydroxylation is 1. The molecule has 1 aliphatic rings. The van der Waals surface area contributed by atoms with Gasteiger partial charge in [0.2, 0.25) is 5.91 Å². The zero-order valence-corrected chi connectivity index (χ0v) is 18.4. The largest absolute Gasteiger partial charge is 0.497 e. The molecule has 0 aliphatic carbocycles. The second kappa shape index (κ2) is 8.19. The number of hydrogen-bond acceptors (Lipinski definition) is 4. The van der Waals surface area contributed by atoms with E-state index in [-0.39, 0.29) is 24.0 Å². The third kappa shape index (κ3) is 3.84. The number of amides is 1. The van der Waals surface area contributed by atoms with Crippen molar-refractivity contribution in [3.8, 4) is 11.5 Å². The SMILES string of the molecule is COc1ccc([C@@H](C)N2CC([C@@H](C)Oc3cc(Cl)cn4ncc(C)c34)CC2=O)cc1. The molecule has 4 rings (SSSR count). The van der Waals surface area contributed by atoms with Crippen LogP contribution in [0.15, 0.2) is 42.7 Å². The summed E-state index contributed by atoms with van der Waals surface area (Å²) in [5.74, 6) is 1.75. The smallest absolute Gasteiger partial charge is 0.223 e. The fourth-order valence-electron chi connectivity index (χ4n) is 4.10. The molecular weight excluding hydrogens is 402 g/mol. The molecule has 0 radical (unpaired) electrons. The average Bonchev–Trinajstić information content (AvgIpc) is 3.30. The van der Waals surface area contributed by atoms with E-state index in [0.29, 0.717) is 23.7 Å². The fourth-order valence-corrected chi connectivity index (χ4v) is 4.29. The van der Waals surface area contributed by atoms with Crippen LogP contribution >= 0.6 is 11.6 Å². The monoisotopic (exact) mass is 427 g/mol. The van der Waals surface area contributed by atoms with Gasteiger partial charge in [-0.25, -0.2) is 4.52 Å². The van der Waals surface area contributed by atoms with Crippen molar-refractivity contribution >= 4 is 23.0 Å². The van der Waals surface area contributed by atoms with Crippen molar-refractivity contribution in [3.05, 3.63) is 58.9 Å². The van der Waals surface area contributed by atoms with Gasteiger partial charge in [0.1, 0.15) is 23.1 Å². The molecule has 1 unspecified atom stereocenters. The molecule has 7 heteroatoms. The third-order valence-electron chi connectivity index (χ3n) is 5.96. The zero-order valence-electron chi connectivity index (χ0n) is 17.6. The van der Waals surface area contributed by atoms with Crippen molar-refractivity contribution in [1.29, 1.82) is 0 Å². The number of carbonyl (C=O) groups excluding carboxylic acids is 1. The number of ether oxygens (including phenoxy) is 2. The molecule has 158 valence electrons. The first kappa shape index (κ1) is 20.5. The van der Waals surface area contributed by atoms with E-state index in [9.17, 15) is 4.79 Å². The number of aromatic nitrogens is 2. The number of nitrogens with zero attached hydrogens (tertiary/aromatic N) is 3. The lowest BCUT2D eigenvalue weighted by atomic mass is 10.0. The maximum Gasteiger partial charge on any atom is 0.223 e. The second-order valence-electron chi connectivity index (χ2n) is 7.93. The van der Waals surface area contributed by atoms with Gasteiger partial charge in [0.05, 0.1) is 24.4 Å². The van der Waals surface area contributed by atoms with Crippen LogP contribution in [0.5, 0.6) is 11.5 Å². The number of benzene rings is 1. The highest BCUT2D eigenvalue weighted by atomic mass is 35.5. The molecule has 1 aromatic carbocycles. The van der Waals surface area contributed by atoms with Gasteiger partial charge >= 0.3 is 0 Å². The summed E-state index contributed by atoms with van der Waals surface area (Å²) in [5, 5.41) is 4.88. The minimum Gasteiger partial charge on any atom is -0.497 e. The number of likely N-dealkylation sites (tertiary alicyclic amines) is 1. The van der Waals surface area contributed by atoms with Gasteiger partial charge < -0.3 is 14.4 Å². The van der Waals surface area contributed by atoms with Crippen LogP contribution in [-0.2, 0) is 4.79 Å². The second-order valence-corrected chi connectivity index (χ2v) is 8.36. The Morgan fingerprint density at radius 3 is 2.67 bits per heavy atom. The predicted molar refractivity (Wildman–Crippen MR) is 116 cm³/mol. The van der Waals surface area contributed by atoms with Gasteiger partial charge in [-0.15, -0.1) is 0 Å². The molecule has 1 saturated heterocycles. The molecule has 0 N–H and O–H groups in total. The van der Waals surface area contributed by atoms with Crippen LogP contribution in [0.3, 0.4) is 0 Å². The van der Waals surface area contributed by atoms with E-state index >= 15 is 0 Å². The molecule has 6 nitrogen and oxygen atoms in total. The Balaban J connectivity index is 1.49. The fraction of sp³-hybridized carbons (Fsp3) is 0.391. The standard InChI is InChI=1S/C23H26ClN3O3/c1-14-11-25-27-13-19(24)10-21(23(14)27)30-16(3)18-9-22(28)26(12-18)15(2)17-5-7-20(29-4)8-6-17/h5-8,10-11,13,15-16,18H,9,12H2,1-4H3/t15-,16-,18?/m1/s1. The van der Waals surface area contributed by atoms with Gasteiger partial charge in [-0.1, -0.05) is 23.7 Å². The zero-order chi connectivity index (χ0) is 21.4. The van der Waals surface area contributed by atoms with Crippen molar-refractivity contribution in [1.82, 2.24) is 14.5 Å². The molecule has 2 aromatic heterocycles. The predicted octanol–water partition coefficient (Wildman–Crippen LogP) is 4.68. The maximum atomic E-state index is 12.8. The Kier molecular flexibility index (Phi) is 5.60. The minimum absolute atomic E-state index is 0.00411. The molecule has 1 amide bonds. The van der Waals surface area contributed by atoms with Crippen LogP contribution in [0, 0.1) is 12.8 Å². The van der Waals surface area contributed by atoms with Crippen LogP contribution in [0.1, 0.15) is 37.4 Å². The molecule has 3 heterocycles.